The number of ether oxygens (including phenoxy) is 1. The normalized spacial score (nSPS) is 14.8. The van der Waals surface area contributed by atoms with Crippen LogP contribution in [0.15, 0.2) is 54.4 Å². The number of aromatic nitrogens is 1. The number of rotatable bonds is 11. The number of aliphatic hydroxyl groups is 1. The smallest absolute Gasteiger partial charge is 0.253 e. The maximum Gasteiger partial charge on any atom is 0.253 e. The Hall–Kier alpha value is -3.19. The molecule has 1 saturated heterocycles. The third-order valence-electron chi connectivity index (χ3n) is 5.99. The number of hydrogen-bond donors (Lipinski definition) is 2. The van der Waals surface area contributed by atoms with Gasteiger partial charge in [-0.05, 0) is 67.5 Å². The molecule has 2 amide bonds. The molecule has 3 rings (SSSR count). The highest BCUT2D eigenvalue weighted by Crippen LogP contribution is 2.25. The number of benzene rings is 1. The van der Waals surface area contributed by atoms with Crippen molar-refractivity contribution in [1.82, 2.24) is 9.88 Å². The molecule has 176 valence electrons. The molecule has 1 fully saturated rings. The minimum absolute atomic E-state index is 0.0227. The summed E-state index contributed by atoms with van der Waals surface area (Å²) in [5.41, 5.74) is 7.68. The summed E-state index contributed by atoms with van der Waals surface area (Å²) in [4.78, 5) is 30.6. The fraction of sp³-hybridized carbons (Fsp3) is 0.423. The fourth-order valence-electron chi connectivity index (χ4n) is 4.17. The molecule has 0 unspecified atom stereocenters. The molecule has 3 N–H and O–H groups in total. The van der Waals surface area contributed by atoms with E-state index in [0.717, 1.165) is 50.8 Å². The van der Waals surface area contributed by atoms with Crippen LogP contribution in [0.4, 0.5) is 0 Å². The van der Waals surface area contributed by atoms with Crippen LogP contribution in [0.3, 0.4) is 0 Å². The quantitative estimate of drug-likeness (QED) is 0.402. The molecule has 7 heteroatoms. The average Bonchev–Trinajstić information content (AvgIpc) is 2.85. The first kappa shape index (κ1) is 24.5. The van der Waals surface area contributed by atoms with E-state index in [1.165, 1.54) is 0 Å². The molecule has 1 aliphatic rings. The number of piperidine rings is 1. The number of carbonyl (C=O) groups is 2. The molecule has 0 atom stereocenters. The molecule has 2 heterocycles. The molecular weight excluding hydrogens is 418 g/mol. The zero-order chi connectivity index (χ0) is 23.5. The summed E-state index contributed by atoms with van der Waals surface area (Å²) in [6, 6.07) is 10.9. The Bertz CT molecular complexity index is 938. The maximum atomic E-state index is 12.8. The number of unbranched alkanes of at least 4 members (excludes halogenated alkanes) is 1. The van der Waals surface area contributed by atoms with E-state index in [2.05, 4.69) is 4.98 Å². The lowest BCUT2D eigenvalue weighted by atomic mass is 9.90. The first-order valence-corrected chi connectivity index (χ1v) is 11.6. The number of likely N-dealkylation sites (tertiary alicyclic amines) is 1. The summed E-state index contributed by atoms with van der Waals surface area (Å²) in [6.07, 6.45) is 10.9. The molecule has 7 nitrogen and oxygen atoms in total. The van der Waals surface area contributed by atoms with Gasteiger partial charge in [0.05, 0.1) is 6.61 Å². The van der Waals surface area contributed by atoms with Gasteiger partial charge in [-0.3, -0.25) is 14.6 Å². The first-order valence-electron chi connectivity index (χ1n) is 11.6. The number of primary amides is 1. The van der Waals surface area contributed by atoms with Gasteiger partial charge in [0.25, 0.3) is 5.91 Å². The molecule has 0 saturated carbocycles. The summed E-state index contributed by atoms with van der Waals surface area (Å²) in [7, 11) is 0. The van der Waals surface area contributed by atoms with Crippen LogP contribution in [0.5, 0.6) is 5.75 Å². The van der Waals surface area contributed by atoms with E-state index in [1.807, 2.05) is 23.1 Å². The van der Waals surface area contributed by atoms with E-state index < -0.39 is 0 Å². The predicted octanol–water partition coefficient (Wildman–Crippen LogP) is 3.43. The van der Waals surface area contributed by atoms with Crippen molar-refractivity contribution < 1.29 is 19.4 Å². The molecule has 0 spiro atoms. The Balaban J connectivity index is 1.41. The Kier molecular flexibility index (Phi) is 9.44. The van der Waals surface area contributed by atoms with Gasteiger partial charge in [-0.25, -0.2) is 0 Å². The second-order valence-corrected chi connectivity index (χ2v) is 8.40. The molecule has 2 aromatic rings. The van der Waals surface area contributed by atoms with Crippen LogP contribution < -0.4 is 10.5 Å². The summed E-state index contributed by atoms with van der Waals surface area (Å²) < 4.78 is 5.41. The van der Waals surface area contributed by atoms with Crippen LogP contribution in [-0.4, -0.2) is 53.1 Å². The highest BCUT2D eigenvalue weighted by Gasteiger charge is 2.23. The summed E-state index contributed by atoms with van der Waals surface area (Å²) in [5.74, 6) is 0.830. The highest BCUT2D eigenvalue weighted by molar-refractivity contribution is 5.96. The maximum absolute atomic E-state index is 12.8. The minimum Gasteiger partial charge on any atom is -0.491 e. The van der Waals surface area contributed by atoms with Crippen LogP contribution in [-0.2, 0) is 4.79 Å². The van der Waals surface area contributed by atoms with Crippen molar-refractivity contribution in [3.8, 4) is 5.75 Å². The lowest BCUT2D eigenvalue weighted by Gasteiger charge is -2.32. The Labute approximate surface area is 195 Å². The predicted molar refractivity (Wildman–Crippen MR) is 128 cm³/mol. The van der Waals surface area contributed by atoms with Crippen LogP contribution in [0.2, 0.25) is 0 Å². The van der Waals surface area contributed by atoms with Gasteiger partial charge >= 0.3 is 0 Å². The molecule has 0 radical (unpaired) electrons. The van der Waals surface area contributed by atoms with Gasteiger partial charge in [-0.15, -0.1) is 0 Å². The zero-order valence-electron chi connectivity index (χ0n) is 19.0. The van der Waals surface area contributed by atoms with Crippen molar-refractivity contribution in [3.05, 3.63) is 65.5 Å². The van der Waals surface area contributed by atoms with Gasteiger partial charge in [0.15, 0.2) is 0 Å². The van der Waals surface area contributed by atoms with E-state index in [4.69, 9.17) is 15.6 Å². The summed E-state index contributed by atoms with van der Waals surface area (Å²) in [6.45, 7) is 1.65. The van der Waals surface area contributed by atoms with E-state index >= 15 is 0 Å². The van der Waals surface area contributed by atoms with E-state index in [1.54, 1.807) is 36.7 Å². The minimum atomic E-state index is -0.378. The van der Waals surface area contributed by atoms with Gasteiger partial charge in [-0.1, -0.05) is 25.0 Å². The Morgan fingerprint density at radius 2 is 2.00 bits per heavy atom. The molecule has 0 aliphatic carbocycles. The van der Waals surface area contributed by atoms with E-state index in [9.17, 15) is 9.59 Å². The Morgan fingerprint density at radius 1 is 1.18 bits per heavy atom. The van der Waals surface area contributed by atoms with Gasteiger partial charge in [-0.2, -0.15) is 0 Å². The van der Waals surface area contributed by atoms with Gasteiger partial charge in [0.1, 0.15) is 12.4 Å². The third kappa shape index (κ3) is 7.71. The van der Waals surface area contributed by atoms with E-state index in [0.29, 0.717) is 29.2 Å². The number of nitrogens with zero attached hydrogens (tertiary/aromatic N) is 2. The lowest BCUT2D eigenvalue weighted by molar-refractivity contribution is -0.114. The topological polar surface area (TPSA) is 106 Å². The number of pyridine rings is 1. The van der Waals surface area contributed by atoms with Crippen molar-refractivity contribution in [2.45, 2.75) is 38.5 Å². The average molecular weight is 452 g/mol. The summed E-state index contributed by atoms with van der Waals surface area (Å²) >= 11 is 0. The van der Waals surface area contributed by atoms with Crippen LogP contribution >= 0.6 is 0 Å². The van der Waals surface area contributed by atoms with Crippen molar-refractivity contribution in [1.29, 1.82) is 0 Å². The number of amides is 2. The second kappa shape index (κ2) is 12.7. The SMILES string of the molecule is NC(=O)C(=Cc1cccnc1)CCCCC1CCN(C(=O)c2cccc(OCCO)c2)CC1. The zero-order valence-corrected chi connectivity index (χ0v) is 19.0. The highest BCUT2D eigenvalue weighted by atomic mass is 16.5. The van der Waals surface area contributed by atoms with Crippen LogP contribution in [0.25, 0.3) is 6.08 Å². The lowest BCUT2D eigenvalue weighted by Crippen LogP contribution is -2.38. The van der Waals surface area contributed by atoms with E-state index in [-0.39, 0.29) is 25.0 Å². The first-order chi connectivity index (χ1) is 16.1. The molecule has 1 aromatic heterocycles. The second-order valence-electron chi connectivity index (χ2n) is 8.40. The van der Waals surface area contributed by atoms with Crippen molar-refractivity contribution in [3.63, 3.8) is 0 Å². The monoisotopic (exact) mass is 451 g/mol. The number of nitrogens with two attached hydrogens (primary N) is 1. The molecule has 1 aliphatic heterocycles. The van der Waals surface area contributed by atoms with Gasteiger partial charge in [0.2, 0.25) is 5.91 Å². The summed E-state index contributed by atoms with van der Waals surface area (Å²) in [5, 5.41) is 8.90. The third-order valence-corrected chi connectivity index (χ3v) is 5.99. The molecule has 33 heavy (non-hydrogen) atoms. The van der Waals surface area contributed by atoms with Crippen molar-refractivity contribution in [2.24, 2.45) is 11.7 Å². The Morgan fingerprint density at radius 3 is 2.70 bits per heavy atom. The standard InChI is InChI=1S/C26H33N3O4/c27-25(31)22(17-21-6-4-12-28-19-21)7-2-1-5-20-10-13-29(14-11-20)26(32)23-8-3-9-24(18-23)33-16-15-30/h3-4,6,8-9,12,17-20,30H,1-2,5,7,10-11,13-16H2,(H2,27,31). The van der Waals surface area contributed by atoms with Crippen LogP contribution in [0.1, 0.15) is 54.4 Å². The van der Waals surface area contributed by atoms with Crippen LogP contribution in [0, 0.1) is 5.92 Å². The fourth-order valence-corrected chi connectivity index (χ4v) is 4.17. The van der Waals surface area contributed by atoms with Gasteiger partial charge < -0.3 is 20.5 Å². The molecular formula is C26H33N3O4. The number of carbonyl (C=O) groups excluding carboxylic acids is 2. The number of aliphatic hydroxyl groups excluding tert-OH is 1. The molecule has 1 aromatic carbocycles. The number of hydrogen-bond acceptors (Lipinski definition) is 5. The largest absolute Gasteiger partial charge is 0.491 e. The van der Waals surface area contributed by atoms with Gasteiger partial charge in [0, 0.05) is 36.6 Å². The van der Waals surface area contributed by atoms with Crippen molar-refractivity contribution in [2.75, 3.05) is 26.3 Å². The van der Waals surface area contributed by atoms with Crippen molar-refractivity contribution >= 4 is 17.9 Å². The molecule has 0 bridgehead atoms.